The van der Waals surface area contributed by atoms with Crippen LogP contribution in [0, 0.1) is 12.7 Å². The second-order valence-corrected chi connectivity index (χ2v) is 6.73. The minimum atomic E-state index is -0.581. The van der Waals surface area contributed by atoms with Crippen molar-refractivity contribution in [3.05, 3.63) is 46.8 Å². The van der Waals surface area contributed by atoms with E-state index in [0.717, 1.165) is 30.7 Å². The lowest BCUT2D eigenvalue weighted by Crippen LogP contribution is -2.31. The summed E-state index contributed by atoms with van der Waals surface area (Å²) in [7, 11) is 0. The first-order chi connectivity index (χ1) is 13.5. The van der Waals surface area contributed by atoms with Gasteiger partial charge in [0, 0.05) is 36.5 Å². The molecule has 3 amide bonds. The Hall–Kier alpha value is -3.03. The van der Waals surface area contributed by atoms with Crippen LogP contribution in [0.3, 0.4) is 0 Å². The van der Waals surface area contributed by atoms with Crippen molar-refractivity contribution < 1.29 is 14.0 Å². The summed E-state index contributed by atoms with van der Waals surface area (Å²) < 4.78 is 13.9. The lowest BCUT2D eigenvalue weighted by Gasteiger charge is -2.11. The van der Waals surface area contributed by atoms with Crippen LogP contribution >= 0.6 is 0 Å². The number of benzene rings is 1. The van der Waals surface area contributed by atoms with Crippen LogP contribution in [0.15, 0.2) is 18.2 Å². The fourth-order valence-corrected chi connectivity index (χ4v) is 3.20. The quantitative estimate of drug-likeness (QED) is 0.712. The highest BCUT2D eigenvalue weighted by molar-refractivity contribution is 5.93. The molecule has 1 aliphatic rings. The zero-order valence-electron chi connectivity index (χ0n) is 16.1. The summed E-state index contributed by atoms with van der Waals surface area (Å²) in [4.78, 5) is 32.6. The zero-order chi connectivity index (χ0) is 20.1. The number of hydrogen-bond acceptors (Lipinski definition) is 4. The first kappa shape index (κ1) is 19.7. The van der Waals surface area contributed by atoms with Gasteiger partial charge in [0.05, 0.1) is 5.69 Å². The number of anilines is 2. The molecule has 8 heteroatoms. The number of amides is 3. The predicted molar refractivity (Wildman–Crippen MR) is 105 cm³/mol. The van der Waals surface area contributed by atoms with Crippen LogP contribution in [0.2, 0.25) is 0 Å². The summed E-state index contributed by atoms with van der Waals surface area (Å²) in [6.07, 6.45) is 3.93. The molecule has 0 fully saturated rings. The molecule has 2 aromatic rings. The molecule has 0 atom stereocenters. The zero-order valence-corrected chi connectivity index (χ0v) is 16.1. The topological polar surface area (TPSA) is 96.0 Å². The van der Waals surface area contributed by atoms with Crippen LogP contribution < -0.4 is 16.0 Å². The van der Waals surface area contributed by atoms with Crippen LogP contribution in [0.25, 0.3) is 0 Å². The van der Waals surface area contributed by atoms with Crippen molar-refractivity contribution in [2.45, 2.75) is 46.0 Å². The fourth-order valence-electron chi connectivity index (χ4n) is 3.20. The molecule has 1 aliphatic carbocycles. The number of rotatable bonds is 6. The molecule has 0 saturated carbocycles. The predicted octanol–water partition coefficient (Wildman–Crippen LogP) is 3.13. The number of halogens is 1. The van der Waals surface area contributed by atoms with Crippen LogP contribution in [0.5, 0.6) is 0 Å². The van der Waals surface area contributed by atoms with Crippen LogP contribution in [0.4, 0.5) is 20.6 Å². The summed E-state index contributed by atoms with van der Waals surface area (Å²) in [6.45, 7) is 4.04. The normalized spacial score (nSPS) is 12.4. The van der Waals surface area contributed by atoms with E-state index in [1.165, 1.54) is 23.8 Å². The van der Waals surface area contributed by atoms with Gasteiger partial charge in [-0.2, -0.15) is 0 Å². The van der Waals surface area contributed by atoms with Gasteiger partial charge in [-0.3, -0.25) is 4.79 Å². The van der Waals surface area contributed by atoms with Gasteiger partial charge in [0.2, 0.25) is 5.91 Å². The Labute approximate surface area is 163 Å². The van der Waals surface area contributed by atoms with Gasteiger partial charge in [0.15, 0.2) is 0 Å². The Morgan fingerprint density at radius 1 is 1.18 bits per heavy atom. The highest BCUT2D eigenvalue weighted by Crippen LogP contribution is 2.22. The number of nitrogens with one attached hydrogen (secondary N) is 3. The Morgan fingerprint density at radius 2 is 2.00 bits per heavy atom. The molecule has 0 bridgehead atoms. The van der Waals surface area contributed by atoms with Crippen molar-refractivity contribution in [2.75, 3.05) is 17.2 Å². The molecule has 1 heterocycles. The number of aromatic nitrogens is 2. The third-order valence-electron chi connectivity index (χ3n) is 4.64. The van der Waals surface area contributed by atoms with E-state index in [-0.39, 0.29) is 11.6 Å². The summed E-state index contributed by atoms with van der Waals surface area (Å²) in [5.74, 6) is -0.0669. The Balaban J connectivity index is 1.54. The van der Waals surface area contributed by atoms with E-state index >= 15 is 0 Å². The number of fused-ring (bicyclic) bond motifs is 1. The first-order valence-corrected chi connectivity index (χ1v) is 9.45. The van der Waals surface area contributed by atoms with Gasteiger partial charge in [0.25, 0.3) is 0 Å². The lowest BCUT2D eigenvalue weighted by atomic mass is 10.2. The van der Waals surface area contributed by atoms with Gasteiger partial charge < -0.3 is 16.0 Å². The number of urea groups is 1. The van der Waals surface area contributed by atoms with Gasteiger partial charge in [-0.15, -0.1) is 0 Å². The molecule has 0 aliphatic heterocycles. The molecular formula is C20H24FN5O2. The molecule has 148 valence electrons. The Morgan fingerprint density at radius 3 is 2.79 bits per heavy atom. The van der Waals surface area contributed by atoms with Gasteiger partial charge in [-0.25, -0.2) is 19.2 Å². The first-order valence-electron chi connectivity index (χ1n) is 9.45. The number of hydrogen-bond donors (Lipinski definition) is 3. The van der Waals surface area contributed by atoms with E-state index in [9.17, 15) is 14.0 Å². The second-order valence-electron chi connectivity index (χ2n) is 6.73. The van der Waals surface area contributed by atoms with E-state index < -0.39 is 11.8 Å². The molecule has 0 spiro atoms. The van der Waals surface area contributed by atoms with E-state index in [0.29, 0.717) is 30.9 Å². The monoisotopic (exact) mass is 385 g/mol. The van der Waals surface area contributed by atoms with Gasteiger partial charge in [-0.05, 0) is 49.9 Å². The number of carbonyl (C=O) groups is 2. The van der Waals surface area contributed by atoms with Crippen LogP contribution in [0.1, 0.15) is 42.5 Å². The molecule has 0 saturated heterocycles. The van der Waals surface area contributed by atoms with Crippen molar-refractivity contribution in [1.29, 1.82) is 0 Å². The summed E-state index contributed by atoms with van der Waals surface area (Å²) in [6, 6.07) is 3.49. The van der Waals surface area contributed by atoms with E-state index in [4.69, 9.17) is 0 Å². The molecule has 28 heavy (non-hydrogen) atoms. The minimum absolute atomic E-state index is 0.00368. The standard InChI is InChI=1S/C20H24FN5O2/c1-3-19(27)24-13-7-8-15(21)17(11-13)26-20(28)22-10-9-18-23-12(2)14-5-4-6-16(14)25-18/h7-8,11H,3-6,9-10H2,1-2H3,(H,24,27)(H2,22,26,28). The second kappa shape index (κ2) is 8.77. The van der Waals surface area contributed by atoms with Crippen molar-refractivity contribution >= 4 is 23.3 Å². The Kier molecular flexibility index (Phi) is 6.18. The highest BCUT2D eigenvalue weighted by atomic mass is 19.1. The third kappa shape index (κ3) is 4.82. The van der Waals surface area contributed by atoms with E-state index in [2.05, 4.69) is 25.9 Å². The summed E-state index contributed by atoms with van der Waals surface area (Å²) in [5, 5.41) is 7.77. The largest absolute Gasteiger partial charge is 0.337 e. The maximum absolute atomic E-state index is 13.9. The molecule has 1 aromatic carbocycles. The van der Waals surface area contributed by atoms with Crippen molar-refractivity contribution in [3.63, 3.8) is 0 Å². The Bertz CT molecular complexity index is 900. The van der Waals surface area contributed by atoms with E-state index in [1.807, 2.05) is 6.92 Å². The van der Waals surface area contributed by atoms with Gasteiger partial charge >= 0.3 is 6.03 Å². The van der Waals surface area contributed by atoms with Crippen molar-refractivity contribution in [1.82, 2.24) is 15.3 Å². The van der Waals surface area contributed by atoms with Crippen molar-refractivity contribution in [2.24, 2.45) is 0 Å². The summed E-state index contributed by atoms with van der Waals surface area (Å²) in [5.41, 5.74) is 3.79. The molecule has 0 unspecified atom stereocenters. The molecule has 3 N–H and O–H groups in total. The number of nitrogens with zero attached hydrogens (tertiary/aromatic N) is 2. The smallest absolute Gasteiger partial charge is 0.319 e. The lowest BCUT2D eigenvalue weighted by molar-refractivity contribution is -0.115. The molecule has 7 nitrogen and oxygen atoms in total. The maximum Gasteiger partial charge on any atom is 0.319 e. The van der Waals surface area contributed by atoms with Crippen molar-refractivity contribution in [3.8, 4) is 0 Å². The summed E-state index contributed by atoms with van der Waals surface area (Å²) >= 11 is 0. The van der Waals surface area contributed by atoms with Crippen LogP contribution in [-0.2, 0) is 24.1 Å². The molecule has 0 radical (unpaired) electrons. The number of aryl methyl sites for hydroxylation is 2. The maximum atomic E-state index is 13.9. The highest BCUT2D eigenvalue weighted by Gasteiger charge is 2.17. The van der Waals surface area contributed by atoms with Crippen LogP contribution in [-0.4, -0.2) is 28.5 Å². The molecular weight excluding hydrogens is 361 g/mol. The fraction of sp³-hybridized carbons (Fsp3) is 0.400. The molecule has 3 rings (SSSR count). The SMILES string of the molecule is CCC(=O)Nc1ccc(F)c(NC(=O)NCCc2nc(C)c3c(n2)CCC3)c1. The van der Waals surface area contributed by atoms with Gasteiger partial charge in [0.1, 0.15) is 11.6 Å². The average Bonchev–Trinajstić information content (AvgIpc) is 3.13. The third-order valence-corrected chi connectivity index (χ3v) is 4.64. The minimum Gasteiger partial charge on any atom is -0.337 e. The molecule has 1 aromatic heterocycles. The number of carbonyl (C=O) groups excluding carboxylic acids is 2. The average molecular weight is 385 g/mol. The van der Waals surface area contributed by atoms with E-state index in [1.54, 1.807) is 6.92 Å². The van der Waals surface area contributed by atoms with Gasteiger partial charge in [-0.1, -0.05) is 6.92 Å².